The molecular weight excluding hydrogens is 181 g/mol. The number of carbonyl (C=O) groups is 1. The highest BCUT2D eigenvalue weighted by Crippen LogP contribution is 2.14. The third kappa shape index (κ3) is 4.40. The number of hydrogen-bond donors (Lipinski definition) is 1. The molecule has 0 aliphatic rings. The van der Waals surface area contributed by atoms with Crippen molar-refractivity contribution in [3.63, 3.8) is 0 Å². The lowest BCUT2D eigenvalue weighted by Gasteiger charge is -2.28. The Labute approximate surface area is 85.6 Å². The first-order valence-electron chi connectivity index (χ1n) is 4.94. The summed E-state index contributed by atoms with van der Waals surface area (Å²) in [6.45, 7) is 8.34. The van der Waals surface area contributed by atoms with Crippen LogP contribution < -0.4 is 5.32 Å². The molecule has 2 nitrogen and oxygen atoms in total. The monoisotopic (exact) mass is 201 g/mol. The van der Waals surface area contributed by atoms with E-state index in [-0.39, 0.29) is 11.8 Å². The fraction of sp³-hybridized carbons (Fsp3) is 0.727. The second-order valence-corrected chi connectivity index (χ2v) is 4.17. The number of halogens is 1. The predicted octanol–water partition coefficient (Wildman–Crippen LogP) is 2.45. The summed E-state index contributed by atoms with van der Waals surface area (Å²) in [4.78, 5) is 11.4. The topological polar surface area (TPSA) is 29.1 Å². The minimum atomic E-state index is -0.741. The molecule has 1 atom stereocenters. The molecule has 14 heavy (non-hydrogen) atoms. The van der Waals surface area contributed by atoms with Gasteiger partial charge in [-0.15, -0.1) is 6.58 Å². The highest BCUT2D eigenvalue weighted by molar-refractivity contribution is 5.78. The molecule has 0 heterocycles. The lowest BCUT2D eigenvalue weighted by molar-refractivity contribution is -0.126. The summed E-state index contributed by atoms with van der Waals surface area (Å²) in [5.74, 6) is -0.209. The summed E-state index contributed by atoms with van der Waals surface area (Å²) >= 11 is 0. The predicted molar refractivity (Wildman–Crippen MR) is 56.8 cm³/mol. The Morgan fingerprint density at radius 1 is 1.64 bits per heavy atom. The number of hydrogen-bond acceptors (Lipinski definition) is 1. The number of carbonyl (C=O) groups excluding carboxylic acids is 1. The molecule has 0 spiro atoms. The average Bonchev–Trinajstić information content (AvgIpc) is 2.14. The Kier molecular flexibility index (Phi) is 5.43. The number of rotatable bonds is 6. The summed E-state index contributed by atoms with van der Waals surface area (Å²) in [7, 11) is 0. The van der Waals surface area contributed by atoms with E-state index in [1.165, 1.54) is 0 Å². The van der Waals surface area contributed by atoms with E-state index < -0.39 is 12.2 Å². The first-order valence-corrected chi connectivity index (χ1v) is 4.94. The van der Waals surface area contributed by atoms with E-state index in [4.69, 9.17) is 0 Å². The van der Waals surface area contributed by atoms with Crippen LogP contribution in [0.2, 0.25) is 0 Å². The molecule has 0 aliphatic heterocycles. The molecule has 3 heteroatoms. The number of alkyl halides is 1. The van der Waals surface area contributed by atoms with Gasteiger partial charge < -0.3 is 5.32 Å². The first kappa shape index (κ1) is 13.1. The van der Waals surface area contributed by atoms with Crippen LogP contribution in [0, 0.1) is 5.92 Å². The molecule has 1 N–H and O–H groups in total. The van der Waals surface area contributed by atoms with Gasteiger partial charge in [-0.05, 0) is 19.8 Å². The van der Waals surface area contributed by atoms with Crippen molar-refractivity contribution in [2.45, 2.75) is 39.2 Å². The zero-order valence-corrected chi connectivity index (χ0v) is 9.27. The van der Waals surface area contributed by atoms with Crippen molar-refractivity contribution < 1.29 is 9.18 Å². The summed E-state index contributed by atoms with van der Waals surface area (Å²) in [5.41, 5.74) is -0.741. The molecule has 1 amide bonds. The van der Waals surface area contributed by atoms with Crippen LogP contribution in [0.5, 0.6) is 0 Å². The summed E-state index contributed by atoms with van der Waals surface area (Å²) in [6.07, 6.45) is 3.03. The van der Waals surface area contributed by atoms with Gasteiger partial charge in [-0.2, -0.15) is 0 Å². The maximum Gasteiger partial charge on any atom is 0.223 e. The first-order chi connectivity index (χ1) is 6.45. The molecule has 82 valence electrons. The van der Waals surface area contributed by atoms with Crippen molar-refractivity contribution in [3.8, 4) is 0 Å². The highest BCUT2D eigenvalue weighted by Gasteiger charge is 2.26. The van der Waals surface area contributed by atoms with Crippen LogP contribution in [0.4, 0.5) is 4.39 Å². The highest BCUT2D eigenvalue weighted by atomic mass is 19.1. The molecule has 0 aromatic carbocycles. The molecule has 0 aromatic rings. The summed E-state index contributed by atoms with van der Waals surface area (Å²) in [6, 6.07) is 0. The normalized spacial score (nSPS) is 14.9. The van der Waals surface area contributed by atoms with Gasteiger partial charge in [-0.3, -0.25) is 4.79 Å². The second kappa shape index (κ2) is 5.78. The van der Waals surface area contributed by atoms with E-state index in [0.717, 1.165) is 0 Å². The lowest BCUT2D eigenvalue weighted by atomic mass is 9.96. The van der Waals surface area contributed by atoms with Crippen LogP contribution in [0.25, 0.3) is 0 Å². The Bertz CT molecular complexity index is 203. The maximum absolute atomic E-state index is 12.7. The third-order valence-corrected chi connectivity index (χ3v) is 2.14. The van der Waals surface area contributed by atoms with E-state index in [1.807, 2.05) is 0 Å². The maximum atomic E-state index is 12.7. The van der Waals surface area contributed by atoms with Gasteiger partial charge in [0.2, 0.25) is 5.91 Å². The lowest BCUT2D eigenvalue weighted by Crippen LogP contribution is -2.49. The molecule has 0 aromatic heterocycles. The van der Waals surface area contributed by atoms with Gasteiger partial charge in [0, 0.05) is 5.92 Å². The van der Waals surface area contributed by atoms with Gasteiger partial charge in [-0.1, -0.05) is 19.9 Å². The molecule has 0 radical (unpaired) electrons. The van der Waals surface area contributed by atoms with Crippen LogP contribution in [0.3, 0.4) is 0 Å². The summed E-state index contributed by atoms with van der Waals surface area (Å²) < 4.78 is 12.7. The Morgan fingerprint density at radius 3 is 2.57 bits per heavy atom. The second-order valence-electron chi connectivity index (χ2n) is 4.17. The van der Waals surface area contributed by atoms with E-state index >= 15 is 0 Å². The van der Waals surface area contributed by atoms with Crippen molar-refractivity contribution in [2.75, 3.05) is 6.67 Å². The molecule has 0 fully saturated rings. The standard InChI is InChI=1S/C11H20FNO/c1-5-6-7-11(4,8-12)13-10(14)9(2)3/h5,9H,1,6-8H2,2-4H3,(H,13,14). The van der Waals surface area contributed by atoms with Crippen LogP contribution in [-0.4, -0.2) is 18.1 Å². The molecule has 0 aliphatic carbocycles. The molecule has 0 bridgehead atoms. The zero-order valence-electron chi connectivity index (χ0n) is 9.27. The van der Waals surface area contributed by atoms with Gasteiger partial charge in [0.05, 0.1) is 5.54 Å². The van der Waals surface area contributed by atoms with Gasteiger partial charge in [0.15, 0.2) is 0 Å². The SMILES string of the molecule is C=CCCC(C)(CF)NC(=O)C(C)C. The molecule has 1 unspecified atom stereocenters. The fourth-order valence-corrected chi connectivity index (χ4v) is 1.03. The number of allylic oxidation sites excluding steroid dienone is 1. The van der Waals surface area contributed by atoms with E-state index in [2.05, 4.69) is 11.9 Å². The van der Waals surface area contributed by atoms with Gasteiger partial charge in [-0.25, -0.2) is 4.39 Å². The van der Waals surface area contributed by atoms with Crippen LogP contribution in [0.1, 0.15) is 33.6 Å². The molecule has 0 rings (SSSR count). The van der Waals surface area contributed by atoms with Crippen molar-refractivity contribution in [3.05, 3.63) is 12.7 Å². The summed E-state index contributed by atoms with van der Waals surface area (Å²) in [5, 5.41) is 2.72. The number of amides is 1. The third-order valence-electron chi connectivity index (χ3n) is 2.14. The minimum absolute atomic E-state index is 0.103. The fourth-order valence-electron chi connectivity index (χ4n) is 1.03. The molecule has 0 saturated heterocycles. The van der Waals surface area contributed by atoms with Crippen molar-refractivity contribution in [2.24, 2.45) is 5.92 Å². The minimum Gasteiger partial charge on any atom is -0.348 e. The number of nitrogens with one attached hydrogen (secondary N) is 1. The van der Waals surface area contributed by atoms with Crippen LogP contribution >= 0.6 is 0 Å². The van der Waals surface area contributed by atoms with E-state index in [9.17, 15) is 9.18 Å². The van der Waals surface area contributed by atoms with Crippen LogP contribution in [0.15, 0.2) is 12.7 Å². The van der Waals surface area contributed by atoms with Crippen molar-refractivity contribution >= 4 is 5.91 Å². The van der Waals surface area contributed by atoms with Crippen LogP contribution in [-0.2, 0) is 4.79 Å². The Morgan fingerprint density at radius 2 is 2.21 bits per heavy atom. The molecular formula is C11H20FNO. The largest absolute Gasteiger partial charge is 0.348 e. The van der Waals surface area contributed by atoms with Crippen molar-refractivity contribution in [1.82, 2.24) is 5.32 Å². The molecule has 0 saturated carbocycles. The Balaban J connectivity index is 4.23. The average molecular weight is 201 g/mol. The smallest absolute Gasteiger partial charge is 0.223 e. The van der Waals surface area contributed by atoms with E-state index in [1.54, 1.807) is 26.8 Å². The van der Waals surface area contributed by atoms with Crippen molar-refractivity contribution in [1.29, 1.82) is 0 Å². The van der Waals surface area contributed by atoms with Gasteiger partial charge in [0.1, 0.15) is 6.67 Å². The van der Waals surface area contributed by atoms with E-state index in [0.29, 0.717) is 12.8 Å². The van der Waals surface area contributed by atoms with Gasteiger partial charge in [0.25, 0.3) is 0 Å². The Hall–Kier alpha value is -0.860. The zero-order chi connectivity index (χ0) is 11.2. The van der Waals surface area contributed by atoms with Gasteiger partial charge >= 0.3 is 0 Å². The quantitative estimate of drug-likeness (QED) is 0.657.